The highest BCUT2D eigenvalue weighted by Crippen LogP contribution is 2.69. The van der Waals surface area contributed by atoms with Crippen LogP contribution in [0.2, 0.25) is 0 Å². The van der Waals surface area contributed by atoms with Crippen molar-refractivity contribution in [3.63, 3.8) is 0 Å². The summed E-state index contributed by atoms with van der Waals surface area (Å²) in [7, 11) is 3.48. The van der Waals surface area contributed by atoms with Crippen LogP contribution in [0.15, 0.2) is 24.3 Å². The van der Waals surface area contributed by atoms with Crippen LogP contribution in [0.4, 0.5) is 9.18 Å². The van der Waals surface area contributed by atoms with Gasteiger partial charge >= 0.3 is 6.03 Å². The predicted molar refractivity (Wildman–Crippen MR) is 110 cm³/mol. The van der Waals surface area contributed by atoms with E-state index in [4.69, 9.17) is 0 Å². The quantitative estimate of drug-likeness (QED) is 0.760. The number of carbonyl (C=O) groups excluding carboxylic acids is 2. The second-order valence-corrected chi connectivity index (χ2v) is 10.4. The van der Waals surface area contributed by atoms with Gasteiger partial charge in [-0.1, -0.05) is 39.8 Å². The number of rotatable bonds is 2. The van der Waals surface area contributed by atoms with E-state index in [-0.39, 0.29) is 52.4 Å². The van der Waals surface area contributed by atoms with Gasteiger partial charge in [-0.15, -0.1) is 0 Å². The molecular weight excluding hydrogens is 369 g/mol. The van der Waals surface area contributed by atoms with Crippen LogP contribution in [0.25, 0.3) is 0 Å². The van der Waals surface area contributed by atoms with Crippen molar-refractivity contribution in [1.29, 1.82) is 0 Å². The molecule has 3 atom stereocenters. The third kappa shape index (κ3) is 2.94. The summed E-state index contributed by atoms with van der Waals surface area (Å²) >= 11 is 0. The highest BCUT2D eigenvalue weighted by Gasteiger charge is 2.69. The largest absolute Gasteiger partial charge is 0.342 e. The number of hydrogen-bond acceptors (Lipinski definition) is 2. The summed E-state index contributed by atoms with van der Waals surface area (Å²) in [6.07, 6.45) is 0. The van der Waals surface area contributed by atoms with Gasteiger partial charge < -0.3 is 14.7 Å². The highest BCUT2D eigenvalue weighted by atomic mass is 19.1. The maximum absolute atomic E-state index is 14.0. The molecule has 1 aromatic carbocycles. The van der Waals surface area contributed by atoms with Gasteiger partial charge in [0.2, 0.25) is 5.91 Å². The van der Waals surface area contributed by atoms with Crippen molar-refractivity contribution in [2.45, 2.75) is 33.7 Å². The van der Waals surface area contributed by atoms with Gasteiger partial charge in [0.05, 0.1) is 6.04 Å². The number of amides is 3. The van der Waals surface area contributed by atoms with Gasteiger partial charge in [0, 0.05) is 51.5 Å². The third-order valence-corrected chi connectivity index (χ3v) is 8.06. The third-order valence-electron chi connectivity index (χ3n) is 8.06. The van der Waals surface area contributed by atoms with Crippen molar-refractivity contribution in [1.82, 2.24) is 14.7 Å². The highest BCUT2D eigenvalue weighted by molar-refractivity contribution is 5.84. The summed E-state index contributed by atoms with van der Waals surface area (Å²) in [5, 5.41) is 0. The van der Waals surface area contributed by atoms with Crippen LogP contribution < -0.4 is 0 Å². The van der Waals surface area contributed by atoms with E-state index < -0.39 is 0 Å². The zero-order valence-corrected chi connectivity index (χ0v) is 18.3. The first kappa shape index (κ1) is 20.2. The SMILES string of the molecule is CN(C)C(=O)N1C[C@H]2CN(C(=O)C3C(C)(C)C3(C)C)C[C@H]2[C@H]1c1cccc(F)c1. The number of hydrogen-bond donors (Lipinski definition) is 0. The number of carbonyl (C=O) groups is 2. The lowest BCUT2D eigenvalue weighted by Crippen LogP contribution is -2.42. The molecule has 0 aromatic heterocycles. The lowest BCUT2D eigenvalue weighted by atomic mass is 9.89. The molecular formula is C23H32FN3O2. The predicted octanol–water partition coefficient (Wildman–Crippen LogP) is 3.62. The molecule has 158 valence electrons. The Morgan fingerprint density at radius 2 is 1.72 bits per heavy atom. The standard InChI is InChI=1S/C23H32FN3O2/c1-22(2)19(23(22,3)4)20(28)26-11-15-12-27(21(29)25(5)6)18(17(15)13-26)14-8-7-9-16(24)10-14/h7-10,15,17-19H,11-13H2,1-6H3/t15-,17-,18-/m1/s1. The van der Waals surface area contributed by atoms with E-state index in [1.165, 1.54) is 12.1 Å². The molecule has 2 aliphatic heterocycles. The van der Waals surface area contributed by atoms with Crippen LogP contribution in [0, 0.1) is 34.4 Å². The smallest absolute Gasteiger partial charge is 0.320 e. The van der Waals surface area contributed by atoms with Crippen LogP contribution in [0.1, 0.15) is 39.3 Å². The summed E-state index contributed by atoms with van der Waals surface area (Å²) in [6.45, 7) is 10.6. The molecule has 0 N–H and O–H groups in total. The number of benzene rings is 1. The van der Waals surface area contributed by atoms with Gasteiger partial charge in [0.25, 0.3) is 0 Å². The lowest BCUT2D eigenvalue weighted by Gasteiger charge is -2.32. The summed E-state index contributed by atoms with van der Waals surface area (Å²) in [4.78, 5) is 31.5. The molecule has 3 fully saturated rings. The summed E-state index contributed by atoms with van der Waals surface area (Å²) in [5.41, 5.74) is 0.835. The van der Waals surface area contributed by atoms with Gasteiger partial charge in [0.15, 0.2) is 0 Å². The second kappa shape index (κ2) is 6.44. The second-order valence-electron chi connectivity index (χ2n) is 10.4. The molecule has 0 spiro atoms. The van der Waals surface area contributed by atoms with Gasteiger partial charge in [-0.2, -0.15) is 0 Å². The van der Waals surface area contributed by atoms with Crippen molar-refractivity contribution in [2.75, 3.05) is 33.7 Å². The minimum absolute atomic E-state index is 0.0106. The number of nitrogens with zero attached hydrogens (tertiary/aromatic N) is 3. The summed E-state index contributed by atoms with van der Waals surface area (Å²) < 4.78 is 14.0. The van der Waals surface area contributed by atoms with E-state index >= 15 is 0 Å². The fraction of sp³-hybridized carbons (Fsp3) is 0.652. The molecule has 3 amide bonds. The molecule has 2 saturated heterocycles. The molecule has 1 aromatic rings. The van der Waals surface area contributed by atoms with Crippen molar-refractivity contribution < 1.29 is 14.0 Å². The maximum atomic E-state index is 14.0. The molecule has 4 rings (SSSR count). The Hall–Kier alpha value is -2.11. The van der Waals surface area contributed by atoms with E-state index in [1.807, 2.05) is 15.9 Å². The molecule has 1 saturated carbocycles. The van der Waals surface area contributed by atoms with Crippen molar-refractivity contribution in [3.05, 3.63) is 35.6 Å². The van der Waals surface area contributed by atoms with E-state index in [0.717, 1.165) is 5.56 Å². The minimum Gasteiger partial charge on any atom is -0.342 e. The lowest BCUT2D eigenvalue weighted by molar-refractivity contribution is -0.133. The van der Waals surface area contributed by atoms with E-state index in [0.29, 0.717) is 19.6 Å². The van der Waals surface area contributed by atoms with E-state index in [1.54, 1.807) is 25.1 Å². The normalized spacial score (nSPS) is 29.7. The van der Waals surface area contributed by atoms with Crippen molar-refractivity contribution in [3.8, 4) is 0 Å². The number of likely N-dealkylation sites (tertiary alicyclic amines) is 2. The average molecular weight is 402 g/mol. The molecule has 0 unspecified atom stereocenters. The molecule has 6 heteroatoms. The van der Waals surface area contributed by atoms with Crippen LogP contribution >= 0.6 is 0 Å². The molecule has 2 heterocycles. The minimum atomic E-state index is -0.296. The van der Waals surface area contributed by atoms with Crippen LogP contribution in [0.5, 0.6) is 0 Å². The molecule has 1 aliphatic carbocycles. The monoisotopic (exact) mass is 401 g/mol. The van der Waals surface area contributed by atoms with E-state index in [9.17, 15) is 14.0 Å². The number of fused-ring (bicyclic) bond motifs is 1. The van der Waals surface area contributed by atoms with Gasteiger partial charge in [0.1, 0.15) is 5.82 Å². The first-order chi connectivity index (χ1) is 13.5. The molecule has 5 nitrogen and oxygen atoms in total. The molecule has 0 bridgehead atoms. The topological polar surface area (TPSA) is 43.9 Å². The fourth-order valence-corrected chi connectivity index (χ4v) is 5.79. The Kier molecular flexibility index (Phi) is 4.48. The van der Waals surface area contributed by atoms with Crippen molar-refractivity contribution >= 4 is 11.9 Å². The Labute approximate surface area is 172 Å². The molecule has 0 radical (unpaired) electrons. The van der Waals surface area contributed by atoms with Crippen LogP contribution in [0.3, 0.4) is 0 Å². The Morgan fingerprint density at radius 3 is 2.28 bits per heavy atom. The van der Waals surface area contributed by atoms with Crippen LogP contribution in [-0.2, 0) is 4.79 Å². The Morgan fingerprint density at radius 1 is 1.07 bits per heavy atom. The summed E-state index contributed by atoms with van der Waals surface area (Å²) in [6, 6.07) is 6.28. The zero-order valence-electron chi connectivity index (χ0n) is 18.3. The molecule has 29 heavy (non-hydrogen) atoms. The van der Waals surface area contributed by atoms with Gasteiger partial charge in [-0.3, -0.25) is 4.79 Å². The average Bonchev–Trinajstić information content (AvgIpc) is 2.99. The fourth-order valence-electron chi connectivity index (χ4n) is 5.79. The number of urea groups is 1. The van der Waals surface area contributed by atoms with E-state index in [2.05, 4.69) is 27.7 Å². The van der Waals surface area contributed by atoms with Gasteiger partial charge in [-0.05, 0) is 28.5 Å². The van der Waals surface area contributed by atoms with Crippen LogP contribution in [-0.4, -0.2) is 60.4 Å². The zero-order chi connectivity index (χ0) is 21.3. The summed E-state index contributed by atoms with van der Waals surface area (Å²) in [5.74, 6) is 0.338. The Bertz CT molecular complexity index is 836. The Balaban J connectivity index is 1.59. The van der Waals surface area contributed by atoms with Gasteiger partial charge in [-0.25, -0.2) is 9.18 Å². The molecule has 3 aliphatic rings. The number of halogens is 1. The first-order valence-electron chi connectivity index (χ1n) is 10.5. The maximum Gasteiger partial charge on any atom is 0.320 e. The van der Waals surface area contributed by atoms with Crippen molar-refractivity contribution in [2.24, 2.45) is 28.6 Å². The first-order valence-corrected chi connectivity index (χ1v) is 10.5.